The number of nitrogens with zero attached hydrogens (tertiary/aromatic N) is 1. The first kappa shape index (κ1) is 27.8. The first-order valence-electron chi connectivity index (χ1n) is 10.7. The zero-order chi connectivity index (χ0) is 26.0. The van der Waals surface area contributed by atoms with Crippen LogP contribution in [0.3, 0.4) is 0 Å². The third-order valence-corrected chi connectivity index (χ3v) is 7.50. The number of hydrogen-bond acceptors (Lipinski definition) is 9. The van der Waals surface area contributed by atoms with Crippen LogP contribution in [0.25, 0.3) is 5.76 Å². The fraction of sp³-hybridized carbons (Fsp3) is 0.391. The summed E-state index contributed by atoms with van der Waals surface area (Å²) in [5, 5.41) is 46.7. The molecule has 3 unspecified atom stereocenters. The molecule has 3 aliphatic carbocycles. The van der Waals surface area contributed by atoms with Crippen LogP contribution in [0.1, 0.15) is 17.5 Å². The summed E-state index contributed by atoms with van der Waals surface area (Å²) in [6.07, 6.45) is 0.184. The van der Waals surface area contributed by atoms with Gasteiger partial charge in [-0.1, -0.05) is 22.0 Å². The van der Waals surface area contributed by atoms with Crippen LogP contribution in [-0.2, 0) is 25.6 Å². The number of amides is 2. The number of primary amides is 1. The minimum absolute atomic E-state index is 0. The maximum Gasteiger partial charge on any atom is 0.255 e. The fourth-order valence-electron chi connectivity index (χ4n) is 5.50. The summed E-state index contributed by atoms with van der Waals surface area (Å²) in [7, 11) is 3.07. The lowest BCUT2D eigenvalue weighted by Crippen LogP contribution is -2.65. The van der Waals surface area contributed by atoms with E-state index in [1.807, 2.05) is 0 Å². The largest absolute Gasteiger partial charge is 0.508 e. The molecule has 0 heterocycles. The number of carbonyl (C=O) groups excluding carboxylic acids is 4. The van der Waals surface area contributed by atoms with Crippen molar-refractivity contribution in [2.75, 3.05) is 24.7 Å². The highest BCUT2D eigenvalue weighted by molar-refractivity contribution is 9.09. The second kappa shape index (κ2) is 9.61. The molecule has 1 aromatic rings. The van der Waals surface area contributed by atoms with E-state index in [4.69, 9.17) is 5.73 Å². The number of nitrogens with two attached hydrogens (primary N) is 1. The number of Topliss-reactive ketones (excluding diaryl/α,β-unsaturated/α-hetero) is 2. The highest BCUT2D eigenvalue weighted by atomic mass is 79.9. The topological polar surface area (TPSA) is 190 Å². The number of halogens is 2. The highest BCUT2D eigenvalue weighted by Crippen LogP contribution is 2.53. The second-order valence-electron chi connectivity index (χ2n) is 9.14. The molecule has 11 nitrogen and oxygen atoms in total. The lowest BCUT2D eigenvalue weighted by atomic mass is 9.57. The average molecular weight is 631 g/mol. The molecular weight excluding hydrogens is 606 g/mol. The van der Waals surface area contributed by atoms with Crippen LogP contribution in [0.4, 0.5) is 5.69 Å². The summed E-state index contributed by atoms with van der Waals surface area (Å²) in [6.45, 7) is 0. The Bertz CT molecular complexity index is 1260. The van der Waals surface area contributed by atoms with Gasteiger partial charge in [0, 0.05) is 11.5 Å². The van der Waals surface area contributed by atoms with Crippen LogP contribution in [-0.4, -0.2) is 79.8 Å². The summed E-state index contributed by atoms with van der Waals surface area (Å²) in [4.78, 5) is 51.9. The first-order valence-corrected chi connectivity index (χ1v) is 11.8. The molecule has 0 bridgehead atoms. The summed E-state index contributed by atoms with van der Waals surface area (Å²) >= 11 is 3.00. The van der Waals surface area contributed by atoms with E-state index in [0.717, 1.165) is 0 Å². The number of hydrogen-bond donors (Lipinski definition) is 6. The van der Waals surface area contributed by atoms with E-state index in [-0.39, 0.29) is 52.0 Å². The minimum Gasteiger partial charge on any atom is -0.508 e. The fourth-order valence-corrected chi connectivity index (χ4v) is 5.64. The van der Waals surface area contributed by atoms with E-state index in [2.05, 4.69) is 21.2 Å². The van der Waals surface area contributed by atoms with Crippen LogP contribution in [0, 0.1) is 11.8 Å². The number of fused-ring (bicyclic) bond motifs is 3. The minimum atomic E-state index is -2.69. The SMILES string of the molecule is Br.CN(C)[C@@H]1C(=O)C(C(N)=O)=C(O)C2(O)C(=O)C3=C(O)c4c(ccc(NC(=O)CBr)c4O)CC3CC12. The maximum atomic E-state index is 13.7. The number of alkyl halides is 1. The zero-order valence-electron chi connectivity index (χ0n) is 19.2. The quantitative estimate of drug-likeness (QED) is 0.159. The number of phenols is 1. The molecule has 13 heteroatoms. The Morgan fingerprint density at radius 3 is 2.42 bits per heavy atom. The Kier molecular flexibility index (Phi) is 7.44. The van der Waals surface area contributed by atoms with Gasteiger partial charge in [-0.05, 0) is 44.5 Å². The number of anilines is 1. The smallest absolute Gasteiger partial charge is 0.255 e. The first-order chi connectivity index (χ1) is 16.4. The molecule has 194 valence electrons. The third kappa shape index (κ3) is 3.85. The van der Waals surface area contributed by atoms with E-state index in [1.165, 1.54) is 25.1 Å². The van der Waals surface area contributed by atoms with Crippen molar-refractivity contribution in [2.24, 2.45) is 17.6 Å². The van der Waals surface area contributed by atoms with E-state index >= 15 is 0 Å². The van der Waals surface area contributed by atoms with Crippen LogP contribution in [0.5, 0.6) is 5.75 Å². The van der Waals surface area contributed by atoms with Gasteiger partial charge in [0.25, 0.3) is 5.91 Å². The molecule has 4 atom stereocenters. The van der Waals surface area contributed by atoms with Gasteiger partial charge in [-0.2, -0.15) is 0 Å². The Labute approximate surface area is 224 Å². The molecular formula is C23H25Br2N3O8. The summed E-state index contributed by atoms with van der Waals surface area (Å²) < 4.78 is 0. The predicted octanol–water partition coefficient (Wildman–Crippen LogP) is 0.875. The number of likely N-dealkylation sites (N-methyl/N-ethyl adjacent to an activating group) is 1. The van der Waals surface area contributed by atoms with Gasteiger partial charge in [0.1, 0.15) is 22.8 Å². The van der Waals surface area contributed by atoms with E-state index in [0.29, 0.717) is 5.56 Å². The Morgan fingerprint density at radius 1 is 1.22 bits per heavy atom. The van der Waals surface area contributed by atoms with Crippen LogP contribution in [0.15, 0.2) is 29.0 Å². The summed E-state index contributed by atoms with van der Waals surface area (Å²) in [6, 6.07) is 1.92. The molecule has 1 aromatic carbocycles. The van der Waals surface area contributed by atoms with Crippen molar-refractivity contribution in [1.29, 1.82) is 0 Å². The maximum absolute atomic E-state index is 13.7. The lowest BCUT2D eigenvalue weighted by Gasteiger charge is -2.50. The molecule has 2 amide bonds. The number of aromatic hydroxyl groups is 1. The summed E-state index contributed by atoms with van der Waals surface area (Å²) in [5.74, 6) is -7.66. The van der Waals surface area contributed by atoms with Gasteiger partial charge in [0.2, 0.25) is 11.7 Å². The van der Waals surface area contributed by atoms with Crippen molar-refractivity contribution < 1.29 is 39.6 Å². The van der Waals surface area contributed by atoms with E-state index < -0.39 is 69.7 Å². The number of benzene rings is 1. The number of nitrogens with one attached hydrogen (secondary N) is 1. The van der Waals surface area contributed by atoms with Crippen LogP contribution >= 0.6 is 32.9 Å². The van der Waals surface area contributed by atoms with Crippen molar-refractivity contribution >= 4 is 67.7 Å². The van der Waals surface area contributed by atoms with Crippen molar-refractivity contribution in [3.63, 3.8) is 0 Å². The number of phenolic OH excluding ortho intramolecular Hbond substituents is 1. The molecule has 0 spiro atoms. The molecule has 0 radical (unpaired) electrons. The van der Waals surface area contributed by atoms with Crippen molar-refractivity contribution in [2.45, 2.75) is 24.5 Å². The Balaban J connectivity index is 0.00000361. The van der Waals surface area contributed by atoms with Crippen LogP contribution < -0.4 is 11.1 Å². The number of aliphatic hydroxyl groups is 3. The molecule has 36 heavy (non-hydrogen) atoms. The molecule has 1 fully saturated rings. The molecule has 1 saturated carbocycles. The standard InChI is InChI=1S/C23H24BrN3O8.BrH/c1-27(2)16-10-6-9-5-8-3-4-11(26-12(28)7-24)17(29)13(8)18(30)14(9)20(32)23(10,35)21(33)15(19(16)31)22(25)34;/h3-4,9-10,16,29-30,33,35H,5-7H2,1-2H3,(H2,25,34)(H,26,28);1H/t9?,10?,16-,23?;/m0./s1. The predicted molar refractivity (Wildman–Crippen MR) is 137 cm³/mol. The number of carbonyl (C=O) groups is 4. The number of aliphatic hydroxyl groups excluding tert-OH is 2. The molecule has 3 aliphatic rings. The van der Waals surface area contributed by atoms with Gasteiger partial charge in [-0.15, -0.1) is 17.0 Å². The number of ketones is 2. The highest BCUT2D eigenvalue weighted by Gasteiger charge is 2.64. The average Bonchev–Trinajstić information content (AvgIpc) is 2.77. The second-order valence-corrected chi connectivity index (χ2v) is 9.70. The van der Waals surface area contributed by atoms with Gasteiger partial charge < -0.3 is 31.5 Å². The molecule has 0 saturated heterocycles. The van der Waals surface area contributed by atoms with Gasteiger partial charge >= 0.3 is 0 Å². The van der Waals surface area contributed by atoms with Crippen LogP contribution in [0.2, 0.25) is 0 Å². The Hall–Kier alpha value is -2.74. The van der Waals surface area contributed by atoms with Gasteiger partial charge in [0.05, 0.1) is 22.6 Å². The zero-order valence-corrected chi connectivity index (χ0v) is 22.5. The normalized spacial score (nSPS) is 27.2. The number of rotatable bonds is 4. The Morgan fingerprint density at radius 2 is 1.86 bits per heavy atom. The lowest BCUT2D eigenvalue weighted by molar-refractivity contribution is -0.153. The third-order valence-electron chi connectivity index (χ3n) is 6.99. The van der Waals surface area contributed by atoms with E-state index in [9.17, 15) is 39.6 Å². The molecule has 7 N–H and O–H groups in total. The van der Waals surface area contributed by atoms with Crippen molar-refractivity contribution in [3.8, 4) is 5.75 Å². The van der Waals surface area contributed by atoms with Gasteiger partial charge in [0.15, 0.2) is 11.4 Å². The molecule has 4 rings (SSSR count). The van der Waals surface area contributed by atoms with Crippen molar-refractivity contribution in [3.05, 3.63) is 40.2 Å². The van der Waals surface area contributed by atoms with Crippen molar-refractivity contribution in [1.82, 2.24) is 4.90 Å². The van der Waals surface area contributed by atoms with Gasteiger partial charge in [-0.3, -0.25) is 24.1 Å². The summed E-state index contributed by atoms with van der Waals surface area (Å²) in [5.41, 5.74) is 1.89. The van der Waals surface area contributed by atoms with Gasteiger partial charge in [-0.25, -0.2) is 0 Å². The molecule has 0 aliphatic heterocycles. The van der Waals surface area contributed by atoms with E-state index in [1.54, 1.807) is 6.07 Å². The molecule has 0 aromatic heterocycles. The monoisotopic (exact) mass is 629 g/mol.